The lowest BCUT2D eigenvalue weighted by Gasteiger charge is -2.07. The molecule has 0 unspecified atom stereocenters. The number of imidazole rings is 1. The third-order valence-electron chi connectivity index (χ3n) is 9.60. The van der Waals surface area contributed by atoms with E-state index in [4.69, 9.17) is 0 Å². The van der Waals surface area contributed by atoms with Gasteiger partial charge in [-0.05, 0) is 32.1 Å². The van der Waals surface area contributed by atoms with Crippen molar-refractivity contribution in [2.75, 3.05) is 0 Å². The van der Waals surface area contributed by atoms with Crippen molar-refractivity contribution in [3.8, 4) is 0 Å². The fourth-order valence-corrected chi connectivity index (χ4v) is 6.68. The standard InChI is InChI=1S/C40H79N2/c1-4-7-10-13-16-18-19-20-21-22-23-24-25-26-28-31-34-37-42-39-38-41(36-33-30-15-12-9-6-3)40(42)35-32-29-27-17-14-11-8-5-2/h38-39H,4-37H2,1-3H3/q+1. The number of nitrogens with zero attached hydrogens (tertiary/aromatic N) is 2. The van der Waals surface area contributed by atoms with E-state index in [1.165, 1.54) is 219 Å². The fourth-order valence-electron chi connectivity index (χ4n) is 6.68. The minimum Gasteiger partial charge on any atom is -0.234 e. The fraction of sp³-hybridized carbons (Fsp3) is 0.925. The summed E-state index contributed by atoms with van der Waals surface area (Å²) in [4.78, 5) is 0. The van der Waals surface area contributed by atoms with Gasteiger partial charge in [0.05, 0.1) is 13.1 Å². The highest BCUT2D eigenvalue weighted by Gasteiger charge is 2.16. The first kappa shape index (κ1) is 39.2. The Hall–Kier alpha value is -0.790. The molecular formula is C40H79N2+. The second-order valence-corrected chi connectivity index (χ2v) is 13.8. The van der Waals surface area contributed by atoms with Gasteiger partial charge in [0, 0.05) is 6.42 Å². The van der Waals surface area contributed by atoms with Crippen molar-refractivity contribution in [2.24, 2.45) is 0 Å². The van der Waals surface area contributed by atoms with Gasteiger partial charge in [-0.3, -0.25) is 0 Å². The van der Waals surface area contributed by atoms with E-state index in [0.29, 0.717) is 0 Å². The van der Waals surface area contributed by atoms with Gasteiger partial charge in [0.2, 0.25) is 0 Å². The summed E-state index contributed by atoms with van der Waals surface area (Å²) in [6.45, 7) is 9.40. The van der Waals surface area contributed by atoms with Gasteiger partial charge < -0.3 is 0 Å². The summed E-state index contributed by atoms with van der Waals surface area (Å²) in [5, 5.41) is 0. The van der Waals surface area contributed by atoms with Crippen LogP contribution in [-0.2, 0) is 19.5 Å². The third-order valence-corrected chi connectivity index (χ3v) is 9.60. The zero-order chi connectivity index (χ0) is 30.2. The SMILES string of the molecule is CCCCCCCCCCCCCCCCCCC[n+]1ccn(CCCCCCCC)c1CCCCCCCCCC. The molecule has 0 aliphatic rings. The average molecular weight is 588 g/mol. The van der Waals surface area contributed by atoms with Gasteiger partial charge in [-0.25, -0.2) is 9.13 Å². The molecule has 1 heterocycles. The summed E-state index contributed by atoms with van der Waals surface area (Å²) < 4.78 is 5.25. The van der Waals surface area contributed by atoms with Crippen molar-refractivity contribution < 1.29 is 4.57 Å². The normalized spacial score (nSPS) is 11.6. The lowest BCUT2D eigenvalue weighted by molar-refractivity contribution is -0.704. The summed E-state index contributed by atoms with van der Waals surface area (Å²) in [5.74, 6) is 1.62. The third kappa shape index (κ3) is 23.6. The van der Waals surface area contributed by atoms with E-state index in [0.717, 1.165) is 0 Å². The Balaban J connectivity index is 2.17. The Labute approximate surface area is 266 Å². The van der Waals surface area contributed by atoms with Gasteiger partial charge >= 0.3 is 0 Å². The molecule has 2 nitrogen and oxygen atoms in total. The monoisotopic (exact) mass is 588 g/mol. The molecule has 0 saturated heterocycles. The highest BCUT2D eigenvalue weighted by atomic mass is 15.1. The van der Waals surface area contributed by atoms with Crippen LogP contribution in [0.1, 0.15) is 226 Å². The van der Waals surface area contributed by atoms with Gasteiger partial charge in [-0.2, -0.15) is 0 Å². The highest BCUT2D eigenvalue weighted by Crippen LogP contribution is 2.15. The molecule has 0 atom stereocenters. The predicted octanol–water partition coefficient (Wildman–Crippen LogP) is 13.5. The van der Waals surface area contributed by atoms with E-state index in [9.17, 15) is 0 Å². The summed E-state index contributed by atoms with van der Waals surface area (Å²) in [6, 6.07) is 0. The number of rotatable bonds is 34. The number of aryl methyl sites for hydroxylation is 2. The van der Waals surface area contributed by atoms with Gasteiger partial charge in [-0.1, -0.05) is 188 Å². The minimum absolute atomic E-state index is 1.23. The summed E-state index contributed by atoms with van der Waals surface area (Å²) in [5.41, 5.74) is 0. The zero-order valence-electron chi connectivity index (χ0n) is 29.6. The maximum Gasteiger partial charge on any atom is 0.256 e. The van der Waals surface area contributed by atoms with Gasteiger partial charge in [0.25, 0.3) is 5.82 Å². The largest absolute Gasteiger partial charge is 0.256 e. The molecule has 42 heavy (non-hydrogen) atoms. The van der Waals surface area contributed by atoms with Crippen LogP contribution >= 0.6 is 0 Å². The van der Waals surface area contributed by atoms with Crippen LogP contribution in [0.25, 0.3) is 0 Å². The summed E-state index contributed by atoms with van der Waals surface area (Å²) in [6.07, 6.45) is 50.4. The molecular weight excluding hydrogens is 508 g/mol. The first-order valence-electron chi connectivity index (χ1n) is 19.9. The van der Waals surface area contributed by atoms with Crippen LogP contribution < -0.4 is 4.57 Å². The molecule has 0 aliphatic carbocycles. The van der Waals surface area contributed by atoms with Gasteiger partial charge in [0.1, 0.15) is 12.4 Å². The van der Waals surface area contributed by atoms with Crippen LogP contribution in [0.3, 0.4) is 0 Å². The van der Waals surface area contributed by atoms with Crippen molar-refractivity contribution in [3.05, 3.63) is 18.2 Å². The maximum atomic E-state index is 2.63. The number of hydrogen-bond donors (Lipinski definition) is 0. The van der Waals surface area contributed by atoms with Crippen LogP contribution in [0.15, 0.2) is 12.4 Å². The summed E-state index contributed by atoms with van der Waals surface area (Å²) in [7, 11) is 0. The number of hydrogen-bond acceptors (Lipinski definition) is 0. The Morgan fingerprint density at radius 2 is 0.738 bits per heavy atom. The van der Waals surface area contributed by atoms with Gasteiger partial charge in [0.15, 0.2) is 0 Å². The minimum atomic E-state index is 1.23. The topological polar surface area (TPSA) is 8.81 Å². The lowest BCUT2D eigenvalue weighted by atomic mass is 10.0. The maximum absolute atomic E-state index is 2.63. The molecule has 0 saturated carbocycles. The van der Waals surface area contributed by atoms with Crippen molar-refractivity contribution in [1.82, 2.24) is 4.57 Å². The van der Waals surface area contributed by atoms with Crippen LogP contribution in [-0.4, -0.2) is 4.57 Å². The number of aromatic nitrogens is 2. The molecule has 0 fully saturated rings. The molecule has 0 bridgehead atoms. The van der Waals surface area contributed by atoms with E-state index in [1.54, 1.807) is 5.82 Å². The van der Waals surface area contributed by atoms with Crippen molar-refractivity contribution in [2.45, 2.75) is 239 Å². The molecule has 0 aliphatic heterocycles. The lowest BCUT2D eigenvalue weighted by Crippen LogP contribution is -2.37. The molecule has 1 aromatic heterocycles. The van der Waals surface area contributed by atoms with Gasteiger partial charge in [-0.15, -0.1) is 0 Å². The Bertz CT molecular complexity index is 648. The van der Waals surface area contributed by atoms with Crippen molar-refractivity contribution >= 4 is 0 Å². The van der Waals surface area contributed by atoms with E-state index in [-0.39, 0.29) is 0 Å². The Morgan fingerprint density at radius 3 is 1.14 bits per heavy atom. The molecule has 0 amide bonds. The van der Waals surface area contributed by atoms with Crippen LogP contribution in [0.4, 0.5) is 0 Å². The van der Waals surface area contributed by atoms with Crippen molar-refractivity contribution in [1.29, 1.82) is 0 Å². The molecule has 2 heteroatoms. The summed E-state index contributed by atoms with van der Waals surface area (Å²) >= 11 is 0. The first-order valence-corrected chi connectivity index (χ1v) is 19.9. The number of unbranched alkanes of at least 4 members (excludes halogenated alkanes) is 28. The van der Waals surface area contributed by atoms with Crippen molar-refractivity contribution in [3.63, 3.8) is 0 Å². The molecule has 0 N–H and O–H groups in total. The molecule has 248 valence electrons. The Morgan fingerprint density at radius 1 is 0.405 bits per heavy atom. The Kier molecular flexibility index (Phi) is 29.5. The average Bonchev–Trinajstić information content (AvgIpc) is 3.38. The predicted molar refractivity (Wildman–Crippen MR) is 188 cm³/mol. The van der Waals surface area contributed by atoms with Crippen LogP contribution in [0, 0.1) is 0 Å². The zero-order valence-corrected chi connectivity index (χ0v) is 29.6. The second-order valence-electron chi connectivity index (χ2n) is 13.8. The quantitative estimate of drug-likeness (QED) is 0.0560. The molecule has 1 rings (SSSR count). The van der Waals surface area contributed by atoms with E-state index in [2.05, 4.69) is 42.3 Å². The van der Waals surface area contributed by atoms with Crippen LogP contribution in [0.2, 0.25) is 0 Å². The first-order chi connectivity index (χ1) is 20.8. The van der Waals surface area contributed by atoms with E-state index < -0.39 is 0 Å². The smallest absolute Gasteiger partial charge is 0.234 e. The van der Waals surface area contributed by atoms with E-state index >= 15 is 0 Å². The van der Waals surface area contributed by atoms with Crippen LogP contribution in [0.5, 0.6) is 0 Å². The molecule has 0 spiro atoms. The molecule has 0 aromatic carbocycles. The highest BCUT2D eigenvalue weighted by molar-refractivity contribution is 4.84. The molecule has 1 aromatic rings. The molecule has 0 radical (unpaired) electrons. The van der Waals surface area contributed by atoms with E-state index in [1.807, 2.05) is 0 Å². The second kappa shape index (κ2) is 31.6.